The molecular formula is C15H21N5O. The number of rotatable bonds is 6. The second-order valence-electron chi connectivity index (χ2n) is 5.22. The van der Waals surface area contributed by atoms with E-state index in [2.05, 4.69) is 39.4 Å². The standard InChI is InChI=1S/C15H21N5O/c1-10(2)12-8-14(19-13-6-4-5-7-16-13)20-15(18-12)17-11(3)9-21/h4-8,10-11,21H,9H2,1-3H3,(H2,16,17,18,19,20). The number of nitrogens with zero attached hydrogens (tertiary/aromatic N) is 3. The van der Waals surface area contributed by atoms with Crippen LogP contribution in [0.2, 0.25) is 0 Å². The molecule has 21 heavy (non-hydrogen) atoms. The summed E-state index contributed by atoms with van der Waals surface area (Å²) in [5.74, 6) is 2.19. The average molecular weight is 287 g/mol. The largest absolute Gasteiger partial charge is 0.394 e. The molecule has 0 spiro atoms. The van der Waals surface area contributed by atoms with Crippen molar-refractivity contribution in [2.24, 2.45) is 0 Å². The smallest absolute Gasteiger partial charge is 0.225 e. The van der Waals surface area contributed by atoms with Crippen molar-refractivity contribution < 1.29 is 5.11 Å². The van der Waals surface area contributed by atoms with Crippen molar-refractivity contribution in [1.29, 1.82) is 0 Å². The molecule has 1 atom stereocenters. The van der Waals surface area contributed by atoms with E-state index in [4.69, 9.17) is 5.11 Å². The Balaban J connectivity index is 2.27. The number of hydrogen-bond acceptors (Lipinski definition) is 6. The van der Waals surface area contributed by atoms with Crippen molar-refractivity contribution in [2.45, 2.75) is 32.7 Å². The topological polar surface area (TPSA) is 83.0 Å². The second-order valence-corrected chi connectivity index (χ2v) is 5.22. The normalized spacial score (nSPS) is 12.2. The van der Waals surface area contributed by atoms with Crippen LogP contribution in [0.4, 0.5) is 17.6 Å². The Kier molecular flexibility index (Phi) is 5.05. The third-order valence-electron chi connectivity index (χ3n) is 2.91. The van der Waals surface area contributed by atoms with Crippen molar-refractivity contribution in [3.8, 4) is 0 Å². The van der Waals surface area contributed by atoms with E-state index in [0.717, 1.165) is 11.5 Å². The second kappa shape index (κ2) is 6.99. The third-order valence-corrected chi connectivity index (χ3v) is 2.91. The van der Waals surface area contributed by atoms with Gasteiger partial charge in [-0.05, 0) is 25.0 Å². The van der Waals surface area contributed by atoms with Crippen LogP contribution in [0.25, 0.3) is 0 Å². The quantitative estimate of drug-likeness (QED) is 0.757. The maximum atomic E-state index is 9.14. The molecular weight excluding hydrogens is 266 g/mol. The van der Waals surface area contributed by atoms with E-state index < -0.39 is 0 Å². The molecule has 0 saturated heterocycles. The molecule has 3 N–H and O–H groups in total. The van der Waals surface area contributed by atoms with Gasteiger partial charge in [0.05, 0.1) is 12.3 Å². The number of anilines is 3. The van der Waals surface area contributed by atoms with Gasteiger partial charge in [0.25, 0.3) is 0 Å². The molecule has 0 bridgehead atoms. The lowest BCUT2D eigenvalue weighted by Crippen LogP contribution is -2.21. The predicted octanol–water partition coefficient (Wildman–Crippen LogP) is 2.53. The van der Waals surface area contributed by atoms with Crippen LogP contribution in [0.3, 0.4) is 0 Å². The minimum Gasteiger partial charge on any atom is -0.394 e. The first-order valence-electron chi connectivity index (χ1n) is 7.03. The molecule has 0 aliphatic carbocycles. The molecule has 2 aromatic rings. The molecule has 112 valence electrons. The Labute approximate surface area is 124 Å². The van der Waals surface area contributed by atoms with Crippen LogP contribution < -0.4 is 10.6 Å². The lowest BCUT2D eigenvalue weighted by Gasteiger charge is -2.15. The van der Waals surface area contributed by atoms with E-state index in [0.29, 0.717) is 11.8 Å². The molecule has 0 saturated carbocycles. The van der Waals surface area contributed by atoms with Crippen LogP contribution in [-0.4, -0.2) is 32.7 Å². The van der Waals surface area contributed by atoms with Crippen molar-refractivity contribution in [1.82, 2.24) is 15.0 Å². The highest BCUT2D eigenvalue weighted by atomic mass is 16.3. The van der Waals surface area contributed by atoms with Crippen LogP contribution in [0.15, 0.2) is 30.5 Å². The summed E-state index contributed by atoms with van der Waals surface area (Å²) in [6, 6.07) is 7.46. The first-order valence-corrected chi connectivity index (χ1v) is 7.03. The van der Waals surface area contributed by atoms with Crippen molar-refractivity contribution >= 4 is 17.6 Å². The van der Waals surface area contributed by atoms with Gasteiger partial charge in [-0.1, -0.05) is 19.9 Å². The summed E-state index contributed by atoms with van der Waals surface area (Å²) in [5.41, 5.74) is 0.927. The predicted molar refractivity (Wildman–Crippen MR) is 83.8 cm³/mol. The molecule has 0 aromatic carbocycles. The molecule has 0 radical (unpaired) electrons. The highest BCUT2D eigenvalue weighted by molar-refractivity contribution is 5.54. The monoisotopic (exact) mass is 287 g/mol. The highest BCUT2D eigenvalue weighted by Gasteiger charge is 2.10. The van der Waals surface area contributed by atoms with Crippen LogP contribution in [0, 0.1) is 0 Å². The zero-order chi connectivity index (χ0) is 15.2. The summed E-state index contributed by atoms with van der Waals surface area (Å²) >= 11 is 0. The SMILES string of the molecule is CC(CO)Nc1nc(Nc2ccccn2)cc(C(C)C)n1. The van der Waals surface area contributed by atoms with E-state index >= 15 is 0 Å². The Morgan fingerprint density at radius 3 is 2.57 bits per heavy atom. The summed E-state index contributed by atoms with van der Waals surface area (Å²) in [4.78, 5) is 13.1. The lowest BCUT2D eigenvalue weighted by atomic mass is 10.1. The molecule has 0 aliphatic heterocycles. The van der Waals surface area contributed by atoms with Crippen molar-refractivity contribution in [3.05, 3.63) is 36.2 Å². The Morgan fingerprint density at radius 1 is 1.14 bits per heavy atom. The zero-order valence-corrected chi connectivity index (χ0v) is 12.5. The molecule has 0 amide bonds. The van der Waals surface area contributed by atoms with Gasteiger partial charge in [-0.3, -0.25) is 0 Å². The minimum atomic E-state index is -0.102. The Bertz CT molecular complexity index is 574. The molecule has 2 rings (SSSR count). The maximum absolute atomic E-state index is 9.14. The van der Waals surface area contributed by atoms with Gasteiger partial charge in [0.15, 0.2) is 0 Å². The fourth-order valence-corrected chi connectivity index (χ4v) is 1.72. The van der Waals surface area contributed by atoms with Gasteiger partial charge in [0.2, 0.25) is 5.95 Å². The molecule has 0 fully saturated rings. The van der Waals surface area contributed by atoms with E-state index in [9.17, 15) is 0 Å². The molecule has 6 heteroatoms. The van der Waals surface area contributed by atoms with Crippen molar-refractivity contribution in [2.75, 3.05) is 17.2 Å². The maximum Gasteiger partial charge on any atom is 0.225 e. The summed E-state index contributed by atoms with van der Waals surface area (Å²) in [5, 5.41) is 15.4. The lowest BCUT2D eigenvalue weighted by molar-refractivity contribution is 0.281. The number of pyridine rings is 1. The fourth-order valence-electron chi connectivity index (χ4n) is 1.72. The minimum absolute atomic E-state index is 0.0261. The third kappa shape index (κ3) is 4.39. The first kappa shape index (κ1) is 15.2. The first-order chi connectivity index (χ1) is 10.1. The number of aliphatic hydroxyl groups is 1. The van der Waals surface area contributed by atoms with E-state index in [1.807, 2.05) is 31.2 Å². The molecule has 1 unspecified atom stereocenters. The number of nitrogens with one attached hydrogen (secondary N) is 2. The fraction of sp³-hybridized carbons (Fsp3) is 0.400. The van der Waals surface area contributed by atoms with Crippen LogP contribution in [-0.2, 0) is 0 Å². The average Bonchev–Trinajstić information content (AvgIpc) is 2.47. The Hall–Kier alpha value is -2.21. The zero-order valence-electron chi connectivity index (χ0n) is 12.5. The molecule has 2 heterocycles. The van der Waals surface area contributed by atoms with Gasteiger partial charge in [-0.2, -0.15) is 4.98 Å². The number of hydrogen-bond donors (Lipinski definition) is 3. The van der Waals surface area contributed by atoms with Crippen LogP contribution in [0.1, 0.15) is 32.4 Å². The highest BCUT2D eigenvalue weighted by Crippen LogP contribution is 2.20. The van der Waals surface area contributed by atoms with Gasteiger partial charge in [-0.25, -0.2) is 9.97 Å². The summed E-state index contributed by atoms with van der Waals surface area (Å²) in [6.45, 7) is 6.05. The van der Waals surface area contributed by atoms with E-state index in [-0.39, 0.29) is 18.6 Å². The van der Waals surface area contributed by atoms with Crippen molar-refractivity contribution in [3.63, 3.8) is 0 Å². The summed E-state index contributed by atoms with van der Waals surface area (Å²) < 4.78 is 0. The number of aromatic nitrogens is 3. The Morgan fingerprint density at radius 2 is 1.95 bits per heavy atom. The molecule has 2 aromatic heterocycles. The number of aliphatic hydroxyl groups excluding tert-OH is 1. The van der Waals surface area contributed by atoms with Gasteiger partial charge < -0.3 is 15.7 Å². The van der Waals surface area contributed by atoms with Gasteiger partial charge in [0.1, 0.15) is 11.6 Å². The van der Waals surface area contributed by atoms with Gasteiger partial charge in [0, 0.05) is 18.3 Å². The molecule has 6 nitrogen and oxygen atoms in total. The van der Waals surface area contributed by atoms with E-state index in [1.165, 1.54) is 0 Å². The van der Waals surface area contributed by atoms with E-state index in [1.54, 1.807) is 6.20 Å². The van der Waals surface area contributed by atoms with Crippen LogP contribution in [0.5, 0.6) is 0 Å². The molecule has 0 aliphatic rings. The van der Waals surface area contributed by atoms with Crippen LogP contribution >= 0.6 is 0 Å². The van der Waals surface area contributed by atoms with Gasteiger partial charge >= 0.3 is 0 Å². The summed E-state index contributed by atoms with van der Waals surface area (Å²) in [7, 11) is 0. The summed E-state index contributed by atoms with van der Waals surface area (Å²) in [6.07, 6.45) is 1.72. The van der Waals surface area contributed by atoms with Gasteiger partial charge in [-0.15, -0.1) is 0 Å².